The number of ether oxygens (including phenoxy) is 1. The molecule has 3 heteroatoms. The molecule has 0 aliphatic heterocycles. The van der Waals surface area contributed by atoms with Crippen molar-refractivity contribution >= 4 is 0 Å². The summed E-state index contributed by atoms with van der Waals surface area (Å²) in [7, 11) is 0. The smallest absolute Gasteiger partial charge is 0.219 e. The van der Waals surface area contributed by atoms with Crippen molar-refractivity contribution < 1.29 is 4.74 Å². The maximum Gasteiger partial charge on any atom is 0.219 e. The second-order valence-corrected chi connectivity index (χ2v) is 4.62. The molecule has 19 heavy (non-hydrogen) atoms. The van der Waals surface area contributed by atoms with Gasteiger partial charge in [0.15, 0.2) is 0 Å². The molecule has 0 spiro atoms. The van der Waals surface area contributed by atoms with E-state index in [1.165, 1.54) is 5.56 Å². The van der Waals surface area contributed by atoms with Gasteiger partial charge in [-0.05, 0) is 38.1 Å². The van der Waals surface area contributed by atoms with Gasteiger partial charge < -0.3 is 10.1 Å². The van der Waals surface area contributed by atoms with Crippen LogP contribution in [-0.4, -0.2) is 11.5 Å². The molecule has 100 valence electrons. The predicted molar refractivity (Wildman–Crippen MR) is 77.6 cm³/mol. The molecule has 1 N–H and O–H groups in total. The zero-order valence-corrected chi connectivity index (χ0v) is 11.7. The molecule has 0 aliphatic rings. The first kappa shape index (κ1) is 13.6. The Bertz CT molecular complexity index is 552. The van der Waals surface area contributed by atoms with Crippen molar-refractivity contribution in [3.63, 3.8) is 0 Å². The van der Waals surface area contributed by atoms with E-state index in [0.29, 0.717) is 5.88 Å². The summed E-state index contributed by atoms with van der Waals surface area (Å²) in [6.07, 6.45) is 0. The van der Waals surface area contributed by atoms with Gasteiger partial charge in [0.25, 0.3) is 0 Å². The molecule has 2 rings (SSSR count). The summed E-state index contributed by atoms with van der Waals surface area (Å²) < 4.78 is 5.85. The zero-order chi connectivity index (χ0) is 13.7. The number of nitrogens with zero attached hydrogens (tertiary/aromatic N) is 1. The number of hydrogen-bond donors (Lipinski definition) is 1. The Hall–Kier alpha value is -1.87. The molecule has 1 aromatic carbocycles. The fourth-order valence-corrected chi connectivity index (χ4v) is 1.89. The molecule has 0 saturated heterocycles. The van der Waals surface area contributed by atoms with Gasteiger partial charge in [-0.1, -0.05) is 30.7 Å². The Kier molecular flexibility index (Phi) is 4.53. The zero-order valence-electron chi connectivity index (χ0n) is 11.7. The van der Waals surface area contributed by atoms with E-state index in [-0.39, 0.29) is 0 Å². The Morgan fingerprint density at radius 2 is 2.00 bits per heavy atom. The molecule has 0 fully saturated rings. The third-order valence-corrected chi connectivity index (χ3v) is 2.88. The van der Waals surface area contributed by atoms with Crippen LogP contribution in [0.5, 0.6) is 11.6 Å². The normalized spacial score (nSPS) is 10.5. The highest BCUT2D eigenvalue weighted by Gasteiger charge is 2.03. The number of aryl methyl sites for hydroxylation is 2. The van der Waals surface area contributed by atoms with E-state index >= 15 is 0 Å². The van der Waals surface area contributed by atoms with Gasteiger partial charge in [0.2, 0.25) is 5.88 Å². The van der Waals surface area contributed by atoms with Crippen LogP contribution in [0.3, 0.4) is 0 Å². The van der Waals surface area contributed by atoms with Crippen molar-refractivity contribution in [2.24, 2.45) is 0 Å². The van der Waals surface area contributed by atoms with Crippen molar-refractivity contribution in [2.45, 2.75) is 27.3 Å². The summed E-state index contributed by atoms with van der Waals surface area (Å²) in [5.41, 5.74) is 3.35. The minimum Gasteiger partial charge on any atom is -0.439 e. The van der Waals surface area contributed by atoms with Crippen LogP contribution in [0.25, 0.3) is 0 Å². The molecule has 0 amide bonds. The van der Waals surface area contributed by atoms with E-state index in [1.807, 2.05) is 37.3 Å². The molecule has 0 radical (unpaired) electrons. The van der Waals surface area contributed by atoms with Gasteiger partial charge in [0.1, 0.15) is 5.75 Å². The van der Waals surface area contributed by atoms with Gasteiger partial charge in [-0.2, -0.15) is 0 Å². The Labute approximate surface area is 114 Å². The number of aromatic nitrogens is 1. The predicted octanol–water partition coefficient (Wildman–Crippen LogP) is 3.60. The van der Waals surface area contributed by atoms with Crippen molar-refractivity contribution in [2.75, 3.05) is 6.54 Å². The van der Waals surface area contributed by atoms with Gasteiger partial charge in [-0.15, -0.1) is 0 Å². The monoisotopic (exact) mass is 256 g/mol. The summed E-state index contributed by atoms with van der Waals surface area (Å²) in [5.74, 6) is 1.50. The van der Waals surface area contributed by atoms with E-state index in [2.05, 4.69) is 30.2 Å². The van der Waals surface area contributed by atoms with Crippen LogP contribution in [-0.2, 0) is 6.54 Å². The van der Waals surface area contributed by atoms with Crippen LogP contribution in [0.4, 0.5) is 0 Å². The second kappa shape index (κ2) is 6.34. The third kappa shape index (κ3) is 3.80. The Morgan fingerprint density at radius 1 is 1.16 bits per heavy atom. The van der Waals surface area contributed by atoms with E-state index < -0.39 is 0 Å². The quantitative estimate of drug-likeness (QED) is 0.887. The minimum atomic E-state index is 0.641. The molecule has 0 atom stereocenters. The SMILES string of the molecule is CCNCc1cccc(Oc2ccc(C)cc2C)n1. The van der Waals surface area contributed by atoms with Gasteiger partial charge in [0, 0.05) is 12.6 Å². The van der Waals surface area contributed by atoms with Crippen LogP contribution in [0.1, 0.15) is 23.7 Å². The number of hydrogen-bond acceptors (Lipinski definition) is 3. The van der Waals surface area contributed by atoms with E-state index in [4.69, 9.17) is 4.74 Å². The summed E-state index contributed by atoms with van der Waals surface area (Å²) >= 11 is 0. The highest BCUT2D eigenvalue weighted by molar-refractivity contribution is 5.38. The fourth-order valence-electron chi connectivity index (χ4n) is 1.89. The molecule has 2 aromatic rings. The lowest BCUT2D eigenvalue weighted by molar-refractivity contribution is 0.456. The van der Waals surface area contributed by atoms with Crippen LogP contribution >= 0.6 is 0 Å². The highest BCUT2D eigenvalue weighted by atomic mass is 16.5. The van der Waals surface area contributed by atoms with E-state index in [9.17, 15) is 0 Å². The molecule has 0 bridgehead atoms. The van der Waals surface area contributed by atoms with Crippen molar-refractivity contribution in [1.29, 1.82) is 0 Å². The van der Waals surface area contributed by atoms with E-state index in [1.54, 1.807) is 0 Å². The first-order valence-corrected chi connectivity index (χ1v) is 6.61. The highest BCUT2D eigenvalue weighted by Crippen LogP contribution is 2.24. The summed E-state index contributed by atoms with van der Waals surface area (Å²) in [6, 6.07) is 12.0. The maximum atomic E-state index is 5.85. The second-order valence-electron chi connectivity index (χ2n) is 4.62. The van der Waals surface area contributed by atoms with Gasteiger partial charge >= 0.3 is 0 Å². The maximum absolute atomic E-state index is 5.85. The third-order valence-electron chi connectivity index (χ3n) is 2.88. The fraction of sp³-hybridized carbons (Fsp3) is 0.312. The average Bonchev–Trinajstić information content (AvgIpc) is 2.40. The number of nitrogens with one attached hydrogen (secondary N) is 1. The lowest BCUT2D eigenvalue weighted by Crippen LogP contribution is -2.12. The van der Waals surface area contributed by atoms with Crippen molar-refractivity contribution in [3.8, 4) is 11.6 Å². The molecule has 3 nitrogen and oxygen atoms in total. The molecule has 1 aromatic heterocycles. The molecular weight excluding hydrogens is 236 g/mol. The van der Waals surface area contributed by atoms with Gasteiger partial charge in [-0.3, -0.25) is 0 Å². The van der Waals surface area contributed by atoms with Gasteiger partial charge in [0.05, 0.1) is 5.69 Å². The summed E-state index contributed by atoms with van der Waals surface area (Å²) in [6.45, 7) is 7.90. The summed E-state index contributed by atoms with van der Waals surface area (Å²) in [5, 5.41) is 3.26. The molecular formula is C16H20N2O. The lowest BCUT2D eigenvalue weighted by Gasteiger charge is -2.09. The Morgan fingerprint density at radius 3 is 2.74 bits per heavy atom. The lowest BCUT2D eigenvalue weighted by atomic mass is 10.1. The minimum absolute atomic E-state index is 0.641. The first-order valence-electron chi connectivity index (χ1n) is 6.61. The average molecular weight is 256 g/mol. The van der Waals surface area contributed by atoms with Crippen LogP contribution in [0.15, 0.2) is 36.4 Å². The standard InChI is InChI=1S/C16H20N2O/c1-4-17-11-14-6-5-7-16(18-14)19-15-9-8-12(2)10-13(15)3/h5-10,17H,4,11H2,1-3H3. The molecule has 0 saturated carbocycles. The molecule has 0 unspecified atom stereocenters. The summed E-state index contributed by atoms with van der Waals surface area (Å²) in [4.78, 5) is 4.48. The van der Waals surface area contributed by atoms with Crippen LogP contribution in [0, 0.1) is 13.8 Å². The largest absolute Gasteiger partial charge is 0.439 e. The van der Waals surface area contributed by atoms with E-state index in [0.717, 1.165) is 30.1 Å². The Balaban J connectivity index is 2.14. The van der Waals surface area contributed by atoms with Crippen LogP contribution in [0.2, 0.25) is 0 Å². The molecule has 1 heterocycles. The van der Waals surface area contributed by atoms with Crippen LogP contribution < -0.4 is 10.1 Å². The van der Waals surface area contributed by atoms with Gasteiger partial charge in [-0.25, -0.2) is 4.98 Å². The topological polar surface area (TPSA) is 34.1 Å². The number of benzene rings is 1. The van der Waals surface area contributed by atoms with Crippen molar-refractivity contribution in [1.82, 2.24) is 10.3 Å². The molecule has 0 aliphatic carbocycles. The first-order chi connectivity index (χ1) is 9.19. The van der Waals surface area contributed by atoms with Crippen molar-refractivity contribution in [3.05, 3.63) is 53.2 Å². The number of rotatable bonds is 5. The number of pyridine rings is 1.